The molecule has 1 aromatic rings. The van der Waals surface area contributed by atoms with Crippen LogP contribution in [0, 0.1) is 5.92 Å². The first-order chi connectivity index (χ1) is 8.56. The van der Waals surface area contributed by atoms with Gasteiger partial charge in [-0.2, -0.15) is 0 Å². The second-order valence-electron chi connectivity index (χ2n) is 5.42. The van der Waals surface area contributed by atoms with Crippen LogP contribution in [0.5, 0.6) is 5.75 Å². The van der Waals surface area contributed by atoms with E-state index in [-0.39, 0.29) is 5.38 Å². The van der Waals surface area contributed by atoms with E-state index in [0.717, 1.165) is 42.5 Å². The number of aryl methyl sites for hydroxylation is 1. The highest BCUT2D eigenvalue weighted by Gasteiger charge is 2.18. The smallest absolute Gasteiger partial charge is 0.125 e. The first kappa shape index (κ1) is 14.2. The maximum atomic E-state index is 6.36. The molecule has 0 N–H and O–H groups in total. The maximum absolute atomic E-state index is 6.36. The van der Waals surface area contributed by atoms with Gasteiger partial charge in [-0.1, -0.05) is 29.8 Å². The van der Waals surface area contributed by atoms with E-state index in [1.165, 1.54) is 11.1 Å². The summed E-state index contributed by atoms with van der Waals surface area (Å²) in [6.45, 7) is 5.25. The Hall–Kier alpha value is -0.210. The summed E-state index contributed by atoms with van der Waals surface area (Å²) in [5.41, 5.74) is 2.63. The number of halogens is 2. The first-order valence-corrected chi connectivity index (χ1v) is 7.87. The minimum Gasteiger partial charge on any atom is -0.493 e. The van der Waals surface area contributed by atoms with Crippen molar-refractivity contribution in [2.24, 2.45) is 5.92 Å². The van der Waals surface area contributed by atoms with Gasteiger partial charge in [0.05, 0.1) is 6.61 Å². The number of alkyl halides is 1. The van der Waals surface area contributed by atoms with Crippen molar-refractivity contribution in [3.63, 3.8) is 0 Å². The molecular weight excluding hydrogens is 312 g/mol. The van der Waals surface area contributed by atoms with Crippen LogP contribution in [0.2, 0.25) is 0 Å². The van der Waals surface area contributed by atoms with E-state index in [4.69, 9.17) is 16.3 Å². The van der Waals surface area contributed by atoms with Gasteiger partial charge in [-0.3, -0.25) is 0 Å². The number of fused-ring (bicyclic) bond motifs is 1. The zero-order valence-corrected chi connectivity index (χ0v) is 13.4. The number of benzene rings is 1. The average molecular weight is 332 g/mol. The molecule has 0 spiro atoms. The van der Waals surface area contributed by atoms with E-state index in [1.54, 1.807) is 0 Å². The molecule has 1 heterocycles. The fourth-order valence-electron chi connectivity index (χ4n) is 2.47. The van der Waals surface area contributed by atoms with Gasteiger partial charge >= 0.3 is 0 Å². The van der Waals surface area contributed by atoms with Crippen molar-refractivity contribution < 1.29 is 4.74 Å². The van der Waals surface area contributed by atoms with Gasteiger partial charge in [-0.05, 0) is 48.4 Å². The summed E-state index contributed by atoms with van der Waals surface area (Å²) < 4.78 is 6.88. The molecule has 2 rings (SSSR count). The van der Waals surface area contributed by atoms with Crippen molar-refractivity contribution in [2.75, 3.05) is 6.61 Å². The number of rotatable bonds is 5. The molecule has 100 valence electrons. The average Bonchev–Trinajstić information content (AvgIpc) is 2.72. The second-order valence-corrected chi connectivity index (χ2v) is 6.95. The number of hydrogen-bond acceptors (Lipinski definition) is 1. The van der Waals surface area contributed by atoms with Crippen molar-refractivity contribution in [3.8, 4) is 5.75 Å². The van der Waals surface area contributed by atoms with Gasteiger partial charge in [0.25, 0.3) is 0 Å². The van der Waals surface area contributed by atoms with Crippen LogP contribution in [-0.4, -0.2) is 12.0 Å². The lowest BCUT2D eigenvalue weighted by Gasteiger charge is -2.13. The van der Waals surface area contributed by atoms with Crippen molar-refractivity contribution in [1.82, 2.24) is 0 Å². The molecule has 0 saturated carbocycles. The normalized spacial score (nSPS) is 15.6. The number of hydrogen-bond donors (Lipinski definition) is 0. The van der Waals surface area contributed by atoms with Crippen LogP contribution in [0.15, 0.2) is 16.6 Å². The molecule has 1 unspecified atom stereocenters. The van der Waals surface area contributed by atoms with E-state index in [1.807, 2.05) is 0 Å². The van der Waals surface area contributed by atoms with Gasteiger partial charge < -0.3 is 4.74 Å². The predicted molar refractivity (Wildman–Crippen MR) is 80.8 cm³/mol. The predicted octanol–water partition coefficient (Wildman–Crippen LogP) is 4.97. The molecule has 1 aromatic carbocycles. The molecule has 0 amide bonds. The molecule has 0 aliphatic carbocycles. The van der Waals surface area contributed by atoms with Gasteiger partial charge in [0.2, 0.25) is 0 Å². The molecule has 0 aromatic heterocycles. The van der Waals surface area contributed by atoms with Crippen molar-refractivity contribution in [3.05, 3.63) is 27.7 Å². The van der Waals surface area contributed by atoms with Crippen LogP contribution in [0.3, 0.4) is 0 Å². The summed E-state index contributed by atoms with van der Waals surface area (Å²) in [5, 5.41) is 0.265. The van der Waals surface area contributed by atoms with E-state index in [2.05, 4.69) is 41.9 Å². The summed E-state index contributed by atoms with van der Waals surface area (Å²) in [5.74, 6) is 1.77. The highest BCUT2D eigenvalue weighted by atomic mass is 79.9. The zero-order chi connectivity index (χ0) is 13.1. The van der Waals surface area contributed by atoms with E-state index >= 15 is 0 Å². The van der Waals surface area contributed by atoms with Gasteiger partial charge in [0.1, 0.15) is 5.75 Å². The fraction of sp³-hybridized carbons (Fsp3) is 0.600. The van der Waals surface area contributed by atoms with Crippen LogP contribution < -0.4 is 4.74 Å². The third-order valence-electron chi connectivity index (χ3n) is 3.28. The summed E-state index contributed by atoms with van der Waals surface area (Å²) in [6.07, 6.45) is 4.13. The highest BCUT2D eigenvalue weighted by molar-refractivity contribution is 9.10. The van der Waals surface area contributed by atoms with Crippen LogP contribution in [0.25, 0.3) is 0 Å². The van der Waals surface area contributed by atoms with Gasteiger partial charge in [0.15, 0.2) is 0 Å². The first-order valence-electron chi connectivity index (χ1n) is 6.64. The highest BCUT2D eigenvalue weighted by Crippen LogP contribution is 2.34. The van der Waals surface area contributed by atoms with Gasteiger partial charge in [-0.15, -0.1) is 11.6 Å². The lowest BCUT2D eigenvalue weighted by atomic mass is 10.00. The molecule has 0 radical (unpaired) electrons. The van der Waals surface area contributed by atoms with Gasteiger partial charge in [0, 0.05) is 16.3 Å². The summed E-state index contributed by atoms with van der Waals surface area (Å²) in [7, 11) is 0. The Bertz CT molecular complexity index is 417. The summed E-state index contributed by atoms with van der Waals surface area (Å²) in [4.78, 5) is 0. The lowest BCUT2D eigenvalue weighted by Crippen LogP contribution is -2.05. The molecule has 0 fully saturated rings. The van der Waals surface area contributed by atoms with Crippen LogP contribution in [0.4, 0.5) is 0 Å². The minimum atomic E-state index is 0.265. The topological polar surface area (TPSA) is 9.23 Å². The van der Waals surface area contributed by atoms with Crippen LogP contribution in [0.1, 0.15) is 37.8 Å². The van der Waals surface area contributed by atoms with Gasteiger partial charge in [-0.25, -0.2) is 0 Å². The Labute approximate surface area is 123 Å². The fourth-order valence-corrected chi connectivity index (χ4v) is 3.49. The Kier molecular flexibility index (Phi) is 4.97. The Morgan fingerprint density at radius 2 is 2.17 bits per heavy atom. The summed E-state index contributed by atoms with van der Waals surface area (Å²) >= 11 is 9.94. The third-order valence-corrected chi connectivity index (χ3v) is 4.13. The molecule has 18 heavy (non-hydrogen) atoms. The largest absolute Gasteiger partial charge is 0.493 e. The molecular formula is C15H20BrClO. The van der Waals surface area contributed by atoms with Crippen molar-refractivity contribution in [1.29, 1.82) is 0 Å². The Balaban J connectivity index is 2.01. The molecule has 1 aliphatic heterocycles. The molecule has 1 aliphatic rings. The second kappa shape index (κ2) is 6.29. The molecule has 1 atom stereocenters. The third kappa shape index (κ3) is 3.64. The van der Waals surface area contributed by atoms with E-state index in [9.17, 15) is 0 Å². The zero-order valence-electron chi connectivity index (χ0n) is 11.0. The molecule has 1 nitrogen and oxygen atoms in total. The lowest BCUT2D eigenvalue weighted by molar-refractivity contribution is 0.353. The standard InChI is InChI=1S/C15H20BrClO/c1-10(2)7-14(17)4-3-11-8-13(16)9-12-5-6-18-15(11)12/h8-10,14H,3-7H2,1-2H3. The monoisotopic (exact) mass is 330 g/mol. The Morgan fingerprint density at radius 1 is 1.39 bits per heavy atom. The van der Waals surface area contributed by atoms with Crippen LogP contribution in [-0.2, 0) is 12.8 Å². The molecule has 0 bridgehead atoms. The Morgan fingerprint density at radius 3 is 2.89 bits per heavy atom. The quantitative estimate of drug-likeness (QED) is 0.692. The van der Waals surface area contributed by atoms with Crippen LogP contribution >= 0.6 is 27.5 Å². The van der Waals surface area contributed by atoms with E-state index < -0.39 is 0 Å². The SMILES string of the molecule is CC(C)CC(Cl)CCc1cc(Br)cc2c1OCC2. The molecule has 0 saturated heterocycles. The summed E-state index contributed by atoms with van der Waals surface area (Å²) in [6, 6.07) is 4.33. The van der Waals surface area contributed by atoms with Crippen molar-refractivity contribution >= 4 is 27.5 Å². The van der Waals surface area contributed by atoms with E-state index in [0.29, 0.717) is 5.92 Å². The van der Waals surface area contributed by atoms with Crippen molar-refractivity contribution in [2.45, 2.75) is 44.9 Å². The minimum absolute atomic E-state index is 0.265. The molecule has 3 heteroatoms. The maximum Gasteiger partial charge on any atom is 0.125 e. The number of ether oxygens (including phenoxy) is 1.